The summed E-state index contributed by atoms with van der Waals surface area (Å²) in [4.78, 5) is 4.30. The maximum Gasteiger partial charge on any atom is 0.293 e. The Bertz CT molecular complexity index is 1270. The van der Waals surface area contributed by atoms with Crippen molar-refractivity contribution in [3.63, 3.8) is 0 Å². The number of hydrogen-bond donors (Lipinski definition) is 0. The van der Waals surface area contributed by atoms with Crippen LogP contribution in [0.2, 0.25) is 0 Å². The molecule has 0 bridgehead atoms. The molecular weight excluding hydrogens is 463 g/mol. The van der Waals surface area contributed by atoms with Crippen molar-refractivity contribution in [1.29, 1.82) is 0 Å². The molecule has 6 nitrogen and oxygen atoms in total. The van der Waals surface area contributed by atoms with Gasteiger partial charge in [0.2, 0.25) is 5.82 Å². The number of nitrogens with zero attached hydrogens (tertiary/aromatic N) is 2. The average Bonchev–Trinajstić information content (AvgIpc) is 3.33. The normalized spacial score (nSPS) is 11.7. The molecule has 0 unspecified atom stereocenters. The molecule has 0 aliphatic rings. The highest BCUT2D eigenvalue weighted by molar-refractivity contribution is 9.10. The second-order valence-electron chi connectivity index (χ2n) is 6.29. The first-order valence-corrected chi connectivity index (χ1v) is 11.1. The Morgan fingerprint density at radius 2 is 1.72 bits per heavy atom. The van der Waals surface area contributed by atoms with E-state index >= 15 is 0 Å². The smallest absolute Gasteiger partial charge is 0.293 e. The first-order valence-electron chi connectivity index (χ1n) is 8.53. The molecule has 2 aromatic heterocycles. The van der Waals surface area contributed by atoms with Crippen LogP contribution in [-0.4, -0.2) is 18.6 Å². The number of furan rings is 1. The van der Waals surface area contributed by atoms with Crippen LogP contribution in [0.4, 0.5) is 4.39 Å². The lowest BCUT2D eigenvalue weighted by atomic mass is 10.2. The third-order valence-corrected chi connectivity index (χ3v) is 6.28. The van der Waals surface area contributed by atoms with Crippen molar-refractivity contribution in [1.82, 2.24) is 10.1 Å². The van der Waals surface area contributed by atoms with Gasteiger partial charge in [-0.25, -0.2) is 12.8 Å². The van der Waals surface area contributed by atoms with E-state index in [1.807, 2.05) is 24.3 Å². The van der Waals surface area contributed by atoms with Gasteiger partial charge in [0.15, 0.2) is 15.6 Å². The van der Waals surface area contributed by atoms with Gasteiger partial charge in [-0.05, 0) is 30.3 Å². The molecular formula is C20H14BrFN2O4S. The van der Waals surface area contributed by atoms with E-state index in [9.17, 15) is 12.8 Å². The number of rotatable bonds is 6. The molecule has 4 aromatic rings. The monoisotopic (exact) mass is 476 g/mol. The van der Waals surface area contributed by atoms with Crippen molar-refractivity contribution in [2.45, 2.75) is 11.5 Å². The largest absolute Gasteiger partial charge is 0.455 e. The van der Waals surface area contributed by atoms with E-state index in [0.717, 1.165) is 10.0 Å². The summed E-state index contributed by atoms with van der Waals surface area (Å²) in [5.74, 6) is -0.369. The van der Waals surface area contributed by atoms with E-state index in [0.29, 0.717) is 5.82 Å². The molecule has 0 spiro atoms. The van der Waals surface area contributed by atoms with Crippen LogP contribution in [0.5, 0.6) is 0 Å². The zero-order chi connectivity index (χ0) is 20.4. The minimum atomic E-state index is -3.63. The number of halogens is 2. The first kappa shape index (κ1) is 19.5. The molecule has 0 fully saturated rings. The van der Waals surface area contributed by atoms with Crippen molar-refractivity contribution in [3.05, 3.63) is 82.3 Å². The second-order valence-corrected chi connectivity index (χ2v) is 9.21. The lowest BCUT2D eigenvalue weighted by molar-refractivity contribution is 0.413. The summed E-state index contributed by atoms with van der Waals surface area (Å²) in [6, 6.07) is 16.3. The van der Waals surface area contributed by atoms with Crippen LogP contribution in [-0.2, 0) is 21.3 Å². The predicted octanol–water partition coefficient (Wildman–Crippen LogP) is 5.01. The highest BCUT2D eigenvalue weighted by Crippen LogP contribution is 2.29. The Hall–Kier alpha value is -2.78. The predicted molar refractivity (Wildman–Crippen MR) is 108 cm³/mol. The summed E-state index contributed by atoms with van der Waals surface area (Å²) < 4.78 is 50.2. The summed E-state index contributed by atoms with van der Waals surface area (Å²) in [6.07, 6.45) is 0. The van der Waals surface area contributed by atoms with E-state index in [1.54, 1.807) is 12.1 Å². The molecule has 0 aliphatic carbocycles. The average molecular weight is 477 g/mol. The molecule has 2 heterocycles. The SMILES string of the molecule is O=S(=O)(Cc1ccc(-c2nc(-c3ccccc3Br)no2)o1)Cc1ccccc1F. The summed E-state index contributed by atoms with van der Waals surface area (Å²) in [5.41, 5.74) is 0.871. The van der Waals surface area contributed by atoms with Gasteiger partial charge in [0.25, 0.3) is 5.89 Å². The first-order chi connectivity index (χ1) is 13.9. The minimum absolute atomic E-state index is 0.120. The number of benzene rings is 2. The van der Waals surface area contributed by atoms with Gasteiger partial charge < -0.3 is 8.94 Å². The summed E-state index contributed by atoms with van der Waals surface area (Å²) in [5, 5.41) is 3.94. The van der Waals surface area contributed by atoms with Crippen LogP contribution in [0, 0.1) is 5.82 Å². The Morgan fingerprint density at radius 1 is 0.966 bits per heavy atom. The molecule has 29 heavy (non-hydrogen) atoms. The number of hydrogen-bond acceptors (Lipinski definition) is 6. The van der Waals surface area contributed by atoms with Crippen LogP contribution in [0.1, 0.15) is 11.3 Å². The van der Waals surface area contributed by atoms with Crippen LogP contribution >= 0.6 is 15.9 Å². The topological polar surface area (TPSA) is 86.2 Å². The second kappa shape index (κ2) is 7.92. The highest BCUT2D eigenvalue weighted by Gasteiger charge is 2.20. The van der Waals surface area contributed by atoms with E-state index in [1.165, 1.54) is 24.3 Å². The van der Waals surface area contributed by atoms with Crippen LogP contribution in [0.3, 0.4) is 0 Å². The quantitative estimate of drug-likeness (QED) is 0.388. The van der Waals surface area contributed by atoms with Crippen molar-refractivity contribution >= 4 is 25.8 Å². The molecule has 0 N–H and O–H groups in total. The molecule has 0 atom stereocenters. The standard InChI is InChI=1S/C20H14BrFN2O4S/c21-16-7-3-2-6-15(16)19-23-20(28-24-19)18-10-9-14(27-18)12-29(25,26)11-13-5-1-4-8-17(13)22/h1-10H,11-12H2. The van der Waals surface area contributed by atoms with Crippen LogP contribution < -0.4 is 0 Å². The van der Waals surface area contributed by atoms with Crippen molar-refractivity contribution < 1.29 is 21.7 Å². The minimum Gasteiger partial charge on any atom is -0.455 e. The highest BCUT2D eigenvalue weighted by atomic mass is 79.9. The maximum atomic E-state index is 13.7. The number of aromatic nitrogens is 2. The van der Waals surface area contributed by atoms with E-state index in [-0.39, 0.29) is 28.7 Å². The van der Waals surface area contributed by atoms with E-state index in [2.05, 4.69) is 26.1 Å². The molecule has 0 aliphatic heterocycles. The molecule has 4 rings (SSSR count). The van der Waals surface area contributed by atoms with Gasteiger partial charge in [0.1, 0.15) is 17.3 Å². The van der Waals surface area contributed by atoms with Crippen molar-refractivity contribution in [2.75, 3.05) is 0 Å². The summed E-state index contributed by atoms with van der Waals surface area (Å²) in [7, 11) is -3.63. The van der Waals surface area contributed by atoms with Gasteiger partial charge >= 0.3 is 0 Å². The summed E-state index contributed by atoms with van der Waals surface area (Å²) >= 11 is 3.43. The van der Waals surface area contributed by atoms with Crippen molar-refractivity contribution in [2.24, 2.45) is 0 Å². The fraction of sp³-hybridized carbons (Fsp3) is 0.100. The van der Waals surface area contributed by atoms with Gasteiger partial charge in [0.05, 0.1) is 5.75 Å². The van der Waals surface area contributed by atoms with Gasteiger partial charge in [0, 0.05) is 15.6 Å². The maximum absolute atomic E-state index is 13.7. The third kappa shape index (κ3) is 4.46. The molecule has 0 saturated heterocycles. The molecule has 148 valence electrons. The summed E-state index contributed by atoms with van der Waals surface area (Å²) in [6.45, 7) is 0. The van der Waals surface area contributed by atoms with Crippen LogP contribution in [0.25, 0.3) is 23.0 Å². The van der Waals surface area contributed by atoms with Crippen molar-refractivity contribution in [3.8, 4) is 23.0 Å². The molecule has 0 radical (unpaired) electrons. The van der Waals surface area contributed by atoms with Gasteiger partial charge in [-0.15, -0.1) is 0 Å². The number of sulfone groups is 1. The van der Waals surface area contributed by atoms with Gasteiger partial charge in [-0.3, -0.25) is 0 Å². The fourth-order valence-electron chi connectivity index (χ4n) is 2.77. The fourth-order valence-corrected chi connectivity index (χ4v) is 4.63. The Balaban J connectivity index is 1.52. The lowest BCUT2D eigenvalue weighted by Gasteiger charge is -2.04. The molecule has 9 heteroatoms. The zero-order valence-corrected chi connectivity index (χ0v) is 17.3. The third-order valence-electron chi connectivity index (χ3n) is 4.11. The van der Waals surface area contributed by atoms with Gasteiger partial charge in [-0.1, -0.05) is 51.4 Å². The Kier molecular flexibility index (Phi) is 5.33. The van der Waals surface area contributed by atoms with E-state index in [4.69, 9.17) is 8.94 Å². The lowest BCUT2D eigenvalue weighted by Crippen LogP contribution is -2.08. The molecule has 0 amide bonds. The molecule has 0 saturated carbocycles. The Morgan fingerprint density at radius 3 is 2.52 bits per heavy atom. The molecule has 2 aromatic carbocycles. The Labute approximate surface area is 174 Å². The van der Waals surface area contributed by atoms with Gasteiger partial charge in [-0.2, -0.15) is 4.98 Å². The van der Waals surface area contributed by atoms with E-state index < -0.39 is 21.4 Å². The zero-order valence-electron chi connectivity index (χ0n) is 14.9. The van der Waals surface area contributed by atoms with Crippen LogP contribution in [0.15, 0.2) is 74.1 Å².